The second kappa shape index (κ2) is 4.48. The Hall–Kier alpha value is -1.33. The van der Waals surface area contributed by atoms with Crippen molar-refractivity contribution >= 4 is 5.96 Å². The van der Waals surface area contributed by atoms with Gasteiger partial charge in [-0.25, -0.2) is 10.1 Å². The van der Waals surface area contributed by atoms with E-state index in [1.807, 2.05) is 6.92 Å². The molecule has 0 aromatic carbocycles. The van der Waals surface area contributed by atoms with Gasteiger partial charge in [-0.1, -0.05) is 0 Å². The zero-order valence-corrected chi connectivity index (χ0v) is 6.87. The van der Waals surface area contributed by atoms with E-state index in [0.29, 0.717) is 6.54 Å². The van der Waals surface area contributed by atoms with Gasteiger partial charge in [0.25, 0.3) is 5.96 Å². The zero-order chi connectivity index (χ0) is 8.85. The first kappa shape index (κ1) is 9.67. The average Bonchev–Trinajstić information content (AvgIpc) is 1.98. The highest BCUT2D eigenvalue weighted by molar-refractivity contribution is 5.78. The fourth-order valence-electron chi connectivity index (χ4n) is 0.544. The number of nitrogens with one attached hydrogen (secondary N) is 1. The average molecular weight is 160 g/mol. The molecule has 0 unspecified atom stereocenters. The van der Waals surface area contributed by atoms with E-state index in [0.717, 1.165) is 0 Å². The Morgan fingerprint density at radius 1 is 1.82 bits per heavy atom. The van der Waals surface area contributed by atoms with Crippen molar-refractivity contribution in [1.82, 2.24) is 10.2 Å². The SMILES string of the molecule is CCN(C)C(=N[N+](=O)[O-])NC. The summed E-state index contributed by atoms with van der Waals surface area (Å²) in [5.41, 5.74) is 0. The maximum absolute atomic E-state index is 9.94. The van der Waals surface area contributed by atoms with E-state index < -0.39 is 5.03 Å². The maximum Gasteiger partial charge on any atom is 0.270 e. The first-order valence-corrected chi connectivity index (χ1v) is 3.23. The normalized spacial score (nSPS) is 11.0. The van der Waals surface area contributed by atoms with Crippen molar-refractivity contribution < 1.29 is 5.03 Å². The van der Waals surface area contributed by atoms with Crippen LogP contribution in [-0.4, -0.2) is 36.5 Å². The van der Waals surface area contributed by atoms with Gasteiger partial charge in [0, 0.05) is 20.6 Å². The predicted octanol–water partition coefficient (Wildman–Crippen LogP) is -0.295. The van der Waals surface area contributed by atoms with Crippen molar-refractivity contribution in [3.05, 3.63) is 10.1 Å². The van der Waals surface area contributed by atoms with Crippen LogP contribution >= 0.6 is 0 Å². The van der Waals surface area contributed by atoms with Gasteiger partial charge in [-0.15, -0.1) is 0 Å². The number of guanidine groups is 1. The van der Waals surface area contributed by atoms with Gasteiger partial charge < -0.3 is 10.2 Å². The minimum atomic E-state index is -0.724. The molecule has 11 heavy (non-hydrogen) atoms. The Morgan fingerprint density at radius 2 is 2.36 bits per heavy atom. The second-order valence-corrected chi connectivity index (χ2v) is 1.93. The minimum Gasteiger partial charge on any atom is -0.354 e. The highest BCUT2D eigenvalue weighted by Gasteiger charge is 2.05. The Kier molecular flexibility index (Phi) is 3.94. The molecule has 0 saturated carbocycles. The highest BCUT2D eigenvalue weighted by atomic mass is 16.7. The van der Waals surface area contributed by atoms with E-state index in [4.69, 9.17) is 0 Å². The van der Waals surface area contributed by atoms with Crippen LogP contribution in [0.25, 0.3) is 0 Å². The summed E-state index contributed by atoms with van der Waals surface area (Å²) >= 11 is 0. The molecule has 0 bridgehead atoms. The third kappa shape index (κ3) is 3.39. The number of hydrazone groups is 1. The van der Waals surface area contributed by atoms with Crippen LogP contribution in [0, 0.1) is 10.1 Å². The standard InChI is InChI=1S/C5H12N4O2/c1-4-8(3)5(6-2)7-9(10)11/h4H2,1-3H3,(H,6,7). The predicted molar refractivity (Wildman–Crippen MR) is 41.8 cm³/mol. The number of nitrogens with zero attached hydrogens (tertiary/aromatic N) is 3. The quantitative estimate of drug-likeness (QED) is 0.261. The van der Waals surface area contributed by atoms with Crippen molar-refractivity contribution in [2.45, 2.75) is 6.92 Å². The van der Waals surface area contributed by atoms with E-state index in [9.17, 15) is 10.1 Å². The summed E-state index contributed by atoms with van der Waals surface area (Å²) in [4.78, 5) is 11.6. The Balaban J connectivity index is 4.26. The molecule has 0 atom stereocenters. The number of hydrogen-bond donors (Lipinski definition) is 1. The van der Waals surface area contributed by atoms with Gasteiger partial charge in [-0.2, -0.15) is 0 Å². The first-order valence-electron chi connectivity index (χ1n) is 3.23. The van der Waals surface area contributed by atoms with Crippen LogP contribution in [0.5, 0.6) is 0 Å². The van der Waals surface area contributed by atoms with Gasteiger partial charge in [0.15, 0.2) is 5.03 Å². The number of hydrogen-bond acceptors (Lipinski definition) is 2. The number of rotatable bonds is 2. The van der Waals surface area contributed by atoms with Crippen LogP contribution in [0.4, 0.5) is 0 Å². The van der Waals surface area contributed by atoms with Gasteiger partial charge in [-0.3, -0.25) is 0 Å². The molecule has 0 spiro atoms. The molecule has 6 heteroatoms. The molecule has 0 aliphatic heterocycles. The molecule has 6 nitrogen and oxygen atoms in total. The van der Waals surface area contributed by atoms with Crippen LogP contribution in [0.3, 0.4) is 0 Å². The van der Waals surface area contributed by atoms with E-state index in [2.05, 4.69) is 10.4 Å². The molecule has 0 heterocycles. The van der Waals surface area contributed by atoms with Crippen molar-refractivity contribution in [3.8, 4) is 0 Å². The van der Waals surface area contributed by atoms with Gasteiger partial charge >= 0.3 is 0 Å². The summed E-state index contributed by atoms with van der Waals surface area (Å²) in [6.45, 7) is 2.56. The molecule has 0 saturated heterocycles. The second-order valence-electron chi connectivity index (χ2n) is 1.93. The lowest BCUT2D eigenvalue weighted by atomic mass is 10.6. The smallest absolute Gasteiger partial charge is 0.270 e. The summed E-state index contributed by atoms with van der Waals surface area (Å²) in [6, 6.07) is 0. The maximum atomic E-state index is 9.94. The third-order valence-corrected chi connectivity index (χ3v) is 1.24. The molecular formula is C5H12N4O2. The van der Waals surface area contributed by atoms with Gasteiger partial charge in [-0.05, 0) is 6.92 Å². The van der Waals surface area contributed by atoms with Crippen molar-refractivity contribution in [2.75, 3.05) is 20.6 Å². The lowest BCUT2D eigenvalue weighted by molar-refractivity contribution is -0.485. The van der Waals surface area contributed by atoms with E-state index in [1.165, 1.54) is 0 Å². The molecule has 0 aliphatic rings. The van der Waals surface area contributed by atoms with Gasteiger partial charge in [0.2, 0.25) is 0 Å². The summed E-state index contributed by atoms with van der Waals surface area (Å²) < 4.78 is 0. The lowest BCUT2D eigenvalue weighted by Crippen LogP contribution is -2.37. The van der Waals surface area contributed by atoms with E-state index in [-0.39, 0.29) is 5.96 Å². The van der Waals surface area contributed by atoms with Crippen molar-refractivity contribution in [1.29, 1.82) is 0 Å². The molecule has 64 valence electrons. The minimum absolute atomic E-state index is 0.262. The molecule has 0 fully saturated rings. The van der Waals surface area contributed by atoms with Crippen molar-refractivity contribution in [2.24, 2.45) is 5.10 Å². The summed E-state index contributed by atoms with van der Waals surface area (Å²) in [6.07, 6.45) is 0. The molecule has 0 aliphatic carbocycles. The number of nitro groups is 1. The molecule has 0 radical (unpaired) electrons. The Morgan fingerprint density at radius 3 is 2.64 bits per heavy atom. The van der Waals surface area contributed by atoms with Crippen LogP contribution in [-0.2, 0) is 0 Å². The molecule has 1 N–H and O–H groups in total. The largest absolute Gasteiger partial charge is 0.354 e. The van der Waals surface area contributed by atoms with Crippen LogP contribution in [0.1, 0.15) is 6.92 Å². The van der Waals surface area contributed by atoms with Crippen LogP contribution in [0.15, 0.2) is 5.10 Å². The monoisotopic (exact) mass is 160 g/mol. The first-order chi connectivity index (χ1) is 5.11. The lowest BCUT2D eigenvalue weighted by Gasteiger charge is -2.14. The van der Waals surface area contributed by atoms with E-state index >= 15 is 0 Å². The van der Waals surface area contributed by atoms with Crippen LogP contribution in [0.2, 0.25) is 0 Å². The van der Waals surface area contributed by atoms with Gasteiger partial charge in [0.1, 0.15) is 5.10 Å². The topological polar surface area (TPSA) is 70.8 Å². The Labute approximate surface area is 65.0 Å². The third-order valence-electron chi connectivity index (χ3n) is 1.24. The summed E-state index contributed by atoms with van der Waals surface area (Å²) in [5.74, 6) is 0.262. The van der Waals surface area contributed by atoms with Gasteiger partial charge in [0.05, 0.1) is 0 Å². The molecular weight excluding hydrogens is 148 g/mol. The Bertz CT molecular complexity index is 168. The summed E-state index contributed by atoms with van der Waals surface area (Å²) in [5, 5.41) is 15.0. The molecule has 0 amide bonds. The molecule has 0 aromatic rings. The fraction of sp³-hybridized carbons (Fsp3) is 0.800. The zero-order valence-electron chi connectivity index (χ0n) is 6.87. The van der Waals surface area contributed by atoms with Crippen molar-refractivity contribution in [3.63, 3.8) is 0 Å². The van der Waals surface area contributed by atoms with E-state index in [1.54, 1.807) is 19.0 Å². The fourth-order valence-corrected chi connectivity index (χ4v) is 0.544. The summed E-state index contributed by atoms with van der Waals surface area (Å²) in [7, 11) is 3.31. The highest BCUT2D eigenvalue weighted by Crippen LogP contribution is 1.83. The molecule has 0 rings (SSSR count). The molecule has 0 aromatic heterocycles. The van der Waals surface area contributed by atoms with Crippen LogP contribution < -0.4 is 5.32 Å².